The third kappa shape index (κ3) is 3.90. The lowest BCUT2D eigenvalue weighted by Crippen LogP contribution is -2.26. The molecular weight excluding hydrogens is 305 g/mol. The van der Waals surface area contributed by atoms with Crippen molar-refractivity contribution in [1.82, 2.24) is 14.9 Å². The van der Waals surface area contributed by atoms with Crippen LogP contribution in [-0.4, -0.2) is 34.5 Å². The van der Waals surface area contributed by atoms with Crippen LogP contribution in [0.1, 0.15) is 19.7 Å². The van der Waals surface area contributed by atoms with Gasteiger partial charge in [0, 0.05) is 19.2 Å². The molecule has 0 aliphatic rings. The fraction of sp³-hybridized carbons (Fsp3) is 0.600. The van der Waals surface area contributed by atoms with Gasteiger partial charge in [-0.25, -0.2) is 4.98 Å². The van der Waals surface area contributed by atoms with E-state index in [2.05, 4.69) is 28.7 Å². The Kier molecular flexibility index (Phi) is 5.24. The molecule has 0 atom stereocenters. The van der Waals surface area contributed by atoms with Crippen molar-refractivity contribution in [2.24, 2.45) is 0 Å². The Labute approximate surface area is 103 Å². The van der Waals surface area contributed by atoms with Crippen LogP contribution in [0.5, 0.6) is 0 Å². The molecule has 1 heterocycles. The summed E-state index contributed by atoms with van der Waals surface area (Å²) >= 11 is 1.98. The van der Waals surface area contributed by atoms with Gasteiger partial charge in [0.1, 0.15) is 5.82 Å². The molecule has 84 valence electrons. The van der Waals surface area contributed by atoms with Crippen LogP contribution in [0.4, 0.5) is 0 Å². The van der Waals surface area contributed by atoms with E-state index in [0.29, 0.717) is 3.57 Å². The first kappa shape index (κ1) is 12.6. The molecule has 0 unspecified atom stereocenters. The molecule has 0 saturated carbocycles. The predicted octanol–water partition coefficient (Wildman–Crippen LogP) is 1.26. The smallest absolute Gasteiger partial charge is 0.264 e. The molecule has 0 radical (unpaired) electrons. The molecule has 1 aromatic heterocycles. The number of hydrogen-bond donors (Lipinski definition) is 1. The van der Waals surface area contributed by atoms with E-state index in [-0.39, 0.29) is 5.56 Å². The molecule has 5 heteroatoms. The first-order chi connectivity index (χ1) is 7.17. The lowest BCUT2D eigenvalue weighted by atomic mass is 10.3. The molecule has 1 N–H and O–H groups in total. The summed E-state index contributed by atoms with van der Waals surface area (Å²) < 4.78 is 0.638. The third-order valence-electron chi connectivity index (χ3n) is 2.37. The van der Waals surface area contributed by atoms with E-state index >= 15 is 0 Å². The third-order valence-corrected chi connectivity index (χ3v) is 3.14. The highest BCUT2D eigenvalue weighted by molar-refractivity contribution is 14.1. The van der Waals surface area contributed by atoms with E-state index in [9.17, 15) is 4.79 Å². The topological polar surface area (TPSA) is 49.0 Å². The molecule has 0 spiro atoms. The van der Waals surface area contributed by atoms with Crippen molar-refractivity contribution in [3.05, 3.63) is 25.9 Å². The van der Waals surface area contributed by atoms with Gasteiger partial charge in [0.25, 0.3) is 5.56 Å². The van der Waals surface area contributed by atoms with Gasteiger partial charge in [0.2, 0.25) is 0 Å². The van der Waals surface area contributed by atoms with Crippen molar-refractivity contribution in [3.63, 3.8) is 0 Å². The highest BCUT2D eigenvalue weighted by Gasteiger charge is 2.02. The first-order valence-corrected chi connectivity index (χ1v) is 6.21. The number of nitrogens with zero attached hydrogens (tertiary/aromatic N) is 2. The van der Waals surface area contributed by atoms with Crippen LogP contribution in [0.25, 0.3) is 0 Å². The van der Waals surface area contributed by atoms with Crippen molar-refractivity contribution >= 4 is 22.6 Å². The Morgan fingerprint density at radius 3 is 2.67 bits per heavy atom. The number of likely N-dealkylation sites (N-methyl/N-ethyl adjacent to an activating group) is 1. The van der Waals surface area contributed by atoms with Crippen LogP contribution in [0.2, 0.25) is 0 Å². The maximum atomic E-state index is 11.3. The van der Waals surface area contributed by atoms with Crippen molar-refractivity contribution in [3.8, 4) is 0 Å². The quantitative estimate of drug-likeness (QED) is 0.831. The van der Waals surface area contributed by atoms with Gasteiger partial charge in [-0.15, -0.1) is 0 Å². The molecule has 0 bridgehead atoms. The van der Waals surface area contributed by atoms with E-state index in [1.807, 2.05) is 22.6 Å². The minimum absolute atomic E-state index is 0.0415. The van der Waals surface area contributed by atoms with Crippen LogP contribution >= 0.6 is 22.6 Å². The Balaban J connectivity index is 2.58. The average molecular weight is 321 g/mol. The standard InChI is InChI=1S/C10H16IN3O/c1-3-14(4-2)6-5-9-12-7-8(11)10(15)13-9/h7H,3-6H2,1-2H3,(H,12,13,15). The number of aromatic nitrogens is 2. The molecule has 0 aliphatic carbocycles. The van der Waals surface area contributed by atoms with Crippen LogP contribution in [-0.2, 0) is 6.42 Å². The minimum atomic E-state index is -0.0415. The Morgan fingerprint density at radius 1 is 1.47 bits per heavy atom. The summed E-state index contributed by atoms with van der Waals surface area (Å²) in [7, 11) is 0. The summed E-state index contributed by atoms with van der Waals surface area (Å²) in [5.74, 6) is 0.771. The lowest BCUT2D eigenvalue weighted by Gasteiger charge is -2.16. The van der Waals surface area contributed by atoms with Gasteiger partial charge in [0.05, 0.1) is 3.57 Å². The van der Waals surface area contributed by atoms with Crippen LogP contribution in [0.3, 0.4) is 0 Å². The SMILES string of the molecule is CCN(CC)CCc1ncc(I)c(=O)[nH]1. The second kappa shape index (κ2) is 6.22. The molecule has 0 aliphatic heterocycles. The van der Waals surface area contributed by atoms with E-state index in [0.717, 1.165) is 31.9 Å². The Hall–Kier alpha value is -0.430. The fourth-order valence-electron chi connectivity index (χ4n) is 1.35. The molecule has 0 saturated heterocycles. The summed E-state index contributed by atoms with van der Waals surface area (Å²) in [5.41, 5.74) is -0.0415. The largest absolute Gasteiger partial charge is 0.310 e. The maximum Gasteiger partial charge on any atom is 0.264 e. The van der Waals surface area contributed by atoms with Gasteiger partial charge >= 0.3 is 0 Å². The highest BCUT2D eigenvalue weighted by atomic mass is 127. The Morgan fingerprint density at radius 2 is 2.13 bits per heavy atom. The summed E-state index contributed by atoms with van der Waals surface area (Å²) in [4.78, 5) is 20.6. The summed E-state index contributed by atoms with van der Waals surface area (Å²) in [6.07, 6.45) is 2.42. The summed E-state index contributed by atoms with van der Waals surface area (Å²) in [6.45, 7) is 7.27. The number of hydrogen-bond acceptors (Lipinski definition) is 3. The van der Waals surface area contributed by atoms with E-state index in [1.165, 1.54) is 0 Å². The van der Waals surface area contributed by atoms with Crippen molar-refractivity contribution in [2.75, 3.05) is 19.6 Å². The molecule has 1 aromatic rings. The Bertz CT molecular complexity index is 360. The van der Waals surface area contributed by atoms with E-state index in [4.69, 9.17) is 0 Å². The van der Waals surface area contributed by atoms with Crippen molar-refractivity contribution in [2.45, 2.75) is 20.3 Å². The van der Waals surface area contributed by atoms with E-state index in [1.54, 1.807) is 6.20 Å². The zero-order chi connectivity index (χ0) is 11.3. The second-order valence-corrected chi connectivity index (χ2v) is 4.45. The molecule has 0 amide bonds. The van der Waals surface area contributed by atoms with Gasteiger partial charge in [0.15, 0.2) is 0 Å². The molecule has 4 nitrogen and oxygen atoms in total. The zero-order valence-electron chi connectivity index (χ0n) is 9.09. The second-order valence-electron chi connectivity index (χ2n) is 3.28. The van der Waals surface area contributed by atoms with Gasteiger partial charge in [-0.05, 0) is 35.7 Å². The number of rotatable bonds is 5. The lowest BCUT2D eigenvalue weighted by molar-refractivity contribution is 0.305. The molecule has 15 heavy (non-hydrogen) atoms. The number of H-pyrrole nitrogens is 1. The van der Waals surface area contributed by atoms with E-state index < -0.39 is 0 Å². The maximum absolute atomic E-state index is 11.3. The number of aromatic amines is 1. The van der Waals surface area contributed by atoms with Gasteiger partial charge in [-0.1, -0.05) is 13.8 Å². The van der Waals surface area contributed by atoms with Gasteiger partial charge in [-0.2, -0.15) is 0 Å². The van der Waals surface area contributed by atoms with Crippen LogP contribution < -0.4 is 5.56 Å². The molecule has 1 rings (SSSR count). The highest BCUT2D eigenvalue weighted by Crippen LogP contribution is 1.96. The van der Waals surface area contributed by atoms with Gasteiger partial charge in [-0.3, -0.25) is 4.79 Å². The minimum Gasteiger partial charge on any atom is -0.310 e. The summed E-state index contributed by atoms with van der Waals surface area (Å²) in [6, 6.07) is 0. The molecule has 0 aromatic carbocycles. The normalized spacial score (nSPS) is 10.9. The molecule has 0 fully saturated rings. The zero-order valence-corrected chi connectivity index (χ0v) is 11.2. The molecular formula is C10H16IN3O. The monoisotopic (exact) mass is 321 g/mol. The predicted molar refractivity (Wildman–Crippen MR) is 69.1 cm³/mol. The van der Waals surface area contributed by atoms with Crippen LogP contribution in [0, 0.1) is 3.57 Å². The fourth-order valence-corrected chi connectivity index (χ4v) is 1.62. The number of nitrogens with one attached hydrogen (secondary N) is 1. The van der Waals surface area contributed by atoms with Crippen LogP contribution in [0.15, 0.2) is 11.0 Å². The average Bonchev–Trinajstić information content (AvgIpc) is 2.24. The summed E-state index contributed by atoms with van der Waals surface area (Å²) in [5, 5.41) is 0. The van der Waals surface area contributed by atoms with Crippen molar-refractivity contribution < 1.29 is 0 Å². The number of halogens is 1. The van der Waals surface area contributed by atoms with Gasteiger partial charge < -0.3 is 9.88 Å². The first-order valence-electron chi connectivity index (χ1n) is 5.13. The van der Waals surface area contributed by atoms with Crippen molar-refractivity contribution in [1.29, 1.82) is 0 Å².